The number of aromatic nitrogens is 2. The lowest BCUT2D eigenvalue weighted by Crippen LogP contribution is -2.21. The average molecular weight is 358 g/mol. The van der Waals surface area contributed by atoms with Gasteiger partial charge < -0.3 is 20.2 Å². The van der Waals surface area contributed by atoms with Crippen LogP contribution in [0.15, 0.2) is 36.4 Å². The number of amides is 1. The number of fused-ring (bicyclic) bond motifs is 1. The number of H-pyrrole nitrogens is 2. The number of hydrogen-bond donors (Lipinski definition) is 3. The molecule has 130 valence electrons. The number of nitrogens with zero attached hydrogens (tertiary/aromatic N) is 1. The highest BCUT2D eigenvalue weighted by Crippen LogP contribution is 2.21. The van der Waals surface area contributed by atoms with Gasteiger partial charge in [-0.25, -0.2) is 4.39 Å². The summed E-state index contributed by atoms with van der Waals surface area (Å²) in [5, 5.41) is 2.80. The number of hydrogen-bond acceptors (Lipinski definition) is 3. The van der Waals surface area contributed by atoms with Crippen LogP contribution in [0.3, 0.4) is 0 Å². The van der Waals surface area contributed by atoms with E-state index in [4.69, 9.17) is 12.2 Å². The Morgan fingerprint density at radius 2 is 1.84 bits per heavy atom. The molecule has 0 spiro atoms. The molecule has 5 nitrogen and oxygen atoms in total. The number of rotatable bonds is 5. The summed E-state index contributed by atoms with van der Waals surface area (Å²) < 4.78 is 14.1. The molecule has 2 aromatic carbocycles. The van der Waals surface area contributed by atoms with E-state index in [0.717, 1.165) is 18.8 Å². The van der Waals surface area contributed by atoms with Crippen molar-refractivity contribution >= 4 is 40.5 Å². The number of aromatic amines is 2. The van der Waals surface area contributed by atoms with Crippen LogP contribution in [0, 0.1) is 10.6 Å². The number of carbonyl (C=O) groups is 1. The van der Waals surface area contributed by atoms with Gasteiger partial charge in [-0.15, -0.1) is 0 Å². The second kappa shape index (κ2) is 7.06. The van der Waals surface area contributed by atoms with Crippen molar-refractivity contribution in [1.29, 1.82) is 0 Å². The number of nitrogens with one attached hydrogen (secondary N) is 3. The fourth-order valence-corrected chi connectivity index (χ4v) is 3.04. The monoisotopic (exact) mass is 358 g/mol. The fourth-order valence-electron chi connectivity index (χ4n) is 2.83. The van der Waals surface area contributed by atoms with E-state index in [1.807, 2.05) is 24.3 Å². The maximum Gasteiger partial charge on any atom is 0.257 e. The van der Waals surface area contributed by atoms with Gasteiger partial charge in [0.05, 0.1) is 16.6 Å². The Hall–Kier alpha value is -2.67. The van der Waals surface area contributed by atoms with Crippen molar-refractivity contribution < 1.29 is 9.18 Å². The highest BCUT2D eigenvalue weighted by atomic mass is 32.1. The smallest absolute Gasteiger partial charge is 0.257 e. The number of anilines is 2. The first-order chi connectivity index (χ1) is 12.0. The Labute approximate surface area is 149 Å². The van der Waals surface area contributed by atoms with Crippen LogP contribution in [0.25, 0.3) is 11.0 Å². The molecule has 0 atom stereocenters. The molecule has 0 aliphatic carbocycles. The Morgan fingerprint density at radius 1 is 1.16 bits per heavy atom. The molecule has 0 unspecified atom stereocenters. The number of imidazole rings is 1. The molecule has 0 aliphatic heterocycles. The second-order valence-corrected chi connectivity index (χ2v) is 6.04. The summed E-state index contributed by atoms with van der Waals surface area (Å²) in [5.74, 6) is -0.898. The first kappa shape index (κ1) is 17.2. The Balaban J connectivity index is 1.86. The van der Waals surface area contributed by atoms with E-state index in [1.54, 1.807) is 0 Å². The molecule has 0 aliphatic rings. The molecule has 0 radical (unpaired) electrons. The molecular weight excluding hydrogens is 339 g/mol. The highest BCUT2D eigenvalue weighted by molar-refractivity contribution is 7.71. The maximum atomic E-state index is 13.8. The van der Waals surface area contributed by atoms with E-state index in [9.17, 15) is 9.18 Å². The van der Waals surface area contributed by atoms with Crippen LogP contribution in [-0.2, 0) is 0 Å². The van der Waals surface area contributed by atoms with Gasteiger partial charge in [-0.05, 0) is 62.5 Å². The van der Waals surface area contributed by atoms with Gasteiger partial charge in [0.1, 0.15) is 5.82 Å². The van der Waals surface area contributed by atoms with Crippen molar-refractivity contribution in [2.45, 2.75) is 13.8 Å². The molecule has 1 amide bonds. The van der Waals surface area contributed by atoms with Gasteiger partial charge in [0.25, 0.3) is 5.91 Å². The summed E-state index contributed by atoms with van der Waals surface area (Å²) in [6, 6.07) is 10.1. The normalized spacial score (nSPS) is 10.8. The zero-order chi connectivity index (χ0) is 18.0. The number of halogens is 1. The topological polar surface area (TPSA) is 63.9 Å². The van der Waals surface area contributed by atoms with Gasteiger partial charge in [-0.3, -0.25) is 4.79 Å². The predicted molar refractivity (Wildman–Crippen MR) is 101 cm³/mol. The Morgan fingerprint density at radius 3 is 2.48 bits per heavy atom. The molecule has 7 heteroatoms. The molecule has 1 heterocycles. The molecule has 3 rings (SSSR count). The average Bonchev–Trinajstić information content (AvgIpc) is 2.96. The third-order valence-corrected chi connectivity index (χ3v) is 4.29. The van der Waals surface area contributed by atoms with Gasteiger partial charge >= 0.3 is 0 Å². The highest BCUT2D eigenvalue weighted by Gasteiger charge is 2.14. The van der Waals surface area contributed by atoms with E-state index < -0.39 is 11.7 Å². The zero-order valence-corrected chi connectivity index (χ0v) is 14.8. The van der Waals surface area contributed by atoms with Crippen LogP contribution < -0.4 is 10.2 Å². The summed E-state index contributed by atoms with van der Waals surface area (Å²) >= 11 is 5.02. The van der Waals surface area contributed by atoms with Gasteiger partial charge in [-0.2, -0.15) is 0 Å². The van der Waals surface area contributed by atoms with Gasteiger partial charge in [0, 0.05) is 24.5 Å². The van der Waals surface area contributed by atoms with Gasteiger partial charge in [0.15, 0.2) is 4.77 Å². The van der Waals surface area contributed by atoms with Crippen molar-refractivity contribution in [3.05, 3.63) is 52.5 Å². The molecule has 0 fully saturated rings. The van der Waals surface area contributed by atoms with Crippen molar-refractivity contribution in [2.75, 3.05) is 23.3 Å². The molecule has 0 saturated carbocycles. The van der Waals surface area contributed by atoms with Crippen LogP contribution >= 0.6 is 12.2 Å². The third-order valence-electron chi connectivity index (χ3n) is 4.09. The number of benzene rings is 2. The summed E-state index contributed by atoms with van der Waals surface area (Å²) in [4.78, 5) is 20.5. The summed E-state index contributed by atoms with van der Waals surface area (Å²) in [6.45, 7) is 6.01. The van der Waals surface area contributed by atoms with Crippen molar-refractivity contribution in [1.82, 2.24) is 9.97 Å². The lowest BCUT2D eigenvalue weighted by atomic mass is 10.1. The molecular formula is C18H19FN4OS. The van der Waals surface area contributed by atoms with Gasteiger partial charge in [-0.1, -0.05) is 0 Å². The van der Waals surface area contributed by atoms with Crippen LogP contribution in [-0.4, -0.2) is 29.0 Å². The quantitative estimate of drug-likeness (QED) is 0.590. The lowest BCUT2D eigenvalue weighted by molar-refractivity contribution is 0.102. The van der Waals surface area contributed by atoms with Crippen LogP contribution in [0.1, 0.15) is 24.2 Å². The Bertz CT molecular complexity index is 957. The van der Waals surface area contributed by atoms with Crippen LogP contribution in [0.2, 0.25) is 0 Å². The largest absolute Gasteiger partial charge is 0.372 e. The summed E-state index contributed by atoms with van der Waals surface area (Å²) in [5.41, 5.74) is 2.89. The molecule has 3 aromatic rings. The van der Waals surface area contributed by atoms with E-state index in [1.165, 1.54) is 12.1 Å². The Kier molecular flexibility index (Phi) is 4.85. The van der Waals surface area contributed by atoms with Crippen molar-refractivity contribution in [3.8, 4) is 0 Å². The van der Waals surface area contributed by atoms with Crippen molar-refractivity contribution in [3.63, 3.8) is 0 Å². The summed E-state index contributed by atoms with van der Waals surface area (Å²) in [6.07, 6.45) is 0. The fraction of sp³-hybridized carbons (Fsp3) is 0.222. The standard InChI is InChI=1S/C18H19FN4OS/c1-3-23(4-2)13-7-5-12(6-8-13)20-17(24)14-9-11(19)10-15-16(14)22-18(25)21-15/h5-10H,3-4H2,1-2H3,(H,20,24)(H2,21,22,25). The molecule has 25 heavy (non-hydrogen) atoms. The molecule has 1 aromatic heterocycles. The van der Waals surface area contributed by atoms with Crippen LogP contribution in [0.4, 0.5) is 15.8 Å². The third kappa shape index (κ3) is 3.56. The van der Waals surface area contributed by atoms with Crippen molar-refractivity contribution in [2.24, 2.45) is 0 Å². The van der Waals surface area contributed by atoms with E-state index >= 15 is 0 Å². The minimum Gasteiger partial charge on any atom is -0.372 e. The first-order valence-corrected chi connectivity index (χ1v) is 8.50. The molecule has 3 N–H and O–H groups in total. The van der Waals surface area contributed by atoms with E-state index in [2.05, 4.69) is 34.0 Å². The minimum absolute atomic E-state index is 0.204. The molecule has 0 saturated heterocycles. The minimum atomic E-state index is -0.500. The number of carbonyl (C=O) groups excluding carboxylic acids is 1. The van der Waals surface area contributed by atoms with Crippen LogP contribution in [0.5, 0.6) is 0 Å². The second-order valence-electron chi connectivity index (χ2n) is 5.63. The molecule has 0 bridgehead atoms. The SMILES string of the molecule is CCN(CC)c1ccc(NC(=O)c2cc(F)cc3[nH]c(=S)[nH]c23)cc1. The summed E-state index contributed by atoms with van der Waals surface area (Å²) in [7, 11) is 0. The zero-order valence-electron chi connectivity index (χ0n) is 14.0. The lowest BCUT2D eigenvalue weighted by Gasteiger charge is -2.21. The first-order valence-electron chi connectivity index (χ1n) is 8.09. The van der Waals surface area contributed by atoms with Gasteiger partial charge in [0.2, 0.25) is 0 Å². The van der Waals surface area contributed by atoms with E-state index in [0.29, 0.717) is 21.5 Å². The predicted octanol–water partition coefficient (Wildman–Crippen LogP) is 4.46. The van der Waals surface area contributed by atoms with E-state index in [-0.39, 0.29) is 5.56 Å². The maximum absolute atomic E-state index is 13.8.